The molecule has 0 bridgehead atoms. The molecule has 0 aliphatic rings. The van der Waals surface area contributed by atoms with E-state index in [9.17, 15) is 18.0 Å². The zero-order valence-corrected chi connectivity index (χ0v) is 26.8. The number of aryl methyl sites for hydroxylation is 2. The third-order valence-corrected chi connectivity index (χ3v) is 9.31. The lowest BCUT2D eigenvalue weighted by Gasteiger charge is -2.34. The molecule has 230 valence electrons. The van der Waals surface area contributed by atoms with Crippen molar-refractivity contribution in [1.29, 1.82) is 0 Å². The third kappa shape index (κ3) is 8.27. The fourth-order valence-corrected chi connectivity index (χ4v) is 6.68. The lowest BCUT2D eigenvalue weighted by Crippen LogP contribution is -2.53. The average molecular weight is 632 g/mol. The van der Waals surface area contributed by atoms with Crippen LogP contribution in [0.2, 0.25) is 5.02 Å². The maximum absolute atomic E-state index is 14.5. The summed E-state index contributed by atoms with van der Waals surface area (Å²) < 4.78 is 29.5. The second kappa shape index (κ2) is 15.0. The molecule has 0 aromatic heterocycles. The van der Waals surface area contributed by atoms with Crippen LogP contribution in [-0.2, 0) is 32.6 Å². The molecule has 4 aromatic carbocycles. The predicted octanol–water partition coefficient (Wildman–Crippen LogP) is 6.32. The number of carbonyl (C=O) groups is 2. The zero-order chi connectivity index (χ0) is 31.7. The van der Waals surface area contributed by atoms with Gasteiger partial charge in [0, 0.05) is 24.5 Å². The standard InChI is InChI=1S/C35H38ClN3O4S/c1-4-20-37-35(41)33(23-28-12-7-5-8-13-28)38(24-29-14-11-15-30(36)22-29)34(40)25-39(32-21-26(2)18-19-27(32)3)44(42,43)31-16-9-6-10-17-31/h5-19,21-22,33H,4,20,23-25H2,1-3H3,(H,37,41). The molecule has 0 radical (unpaired) electrons. The normalized spacial score (nSPS) is 11.9. The Balaban J connectivity index is 1.82. The molecular weight excluding hydrogens is 594 g/mol. The van der Waals surface area contributed by atoms with Crippen LogP contribution in [0.1, 0.15) is 35.6 Å². The summed E-state index contributed by atoms with van der Waals surface area (Å²) in [6, 6.07) is 29.2. The fourth-order valence-electron chi connectivity index (χ4n) is 4.97. The number of anilines is 1. The van der Waals surface area contributed by atoms with E-state index in [2.05, 4.69) is 5.32 Å². The first-order valence-corrected chi connectivity index (χ1v) is 16.4. The minimum atomic E-state index is -4.16. The molecule has 7 nitrogen and oxygen atoms in total. The molecular formula is C35H38ClN3O4S. The average Bonchev–Trinajstić information content (AvgIpc) is 3.02. The number of benzene rings is 4. The molecule has 2 amide bonds. The van der Waals surface area contributed by atoms with Crippen LogP contribution in [0, 0.1) is 13.8 Å². The van der Waals surface area contributed by atoms with Gasteiger partial charge in [-0.25, -0.2) is 8.42 Å². The number of nitrogens with zero attached hydrogens (tertiary/aromatic N) is 2. The van der Waals surface area contributed by atoms with Gasteiger partial charge in [-0.2, -0.15) is 0 Å². The molecule has 1 atom stereocenters. The molecule has 0 fully saturated rings. The van der Waals surface area contributed by atoms with E-state index < -0.39 is 28.5 Å². The van der Waals surface area contributed by atoms with E-state index in [1.165, 1.54) is 17.0 Å². The predicted molar refractivity (Wildman–Crippen MR) is 176 cm³/mol. The molecule has 0 heterocycles. The number of nitrogens with one attached hydrogen (secondary N) is 1. The first-order valence-electron chi connectivity index (χ1n) is 14.6. The summed E-state index contributed by atoms with van der Waals surface area (Å²) in [7, 11) is -4.16. The Labute approximate surface area is 265 Å². The lowest BCUT2D eigenvalue weighted by molar-refractivity contribution is -0.140. The Morgan fingerprint density at radius 2 is 1.50 bits per heavy atom. The van der Waals surface area contributed by atoms with Crippen molar-refractivity contribution in [2.45, 2.75) is 51.1 Å². The van der Waals surface area contributed by atoms with E-state index >= 15 is 0 Å². The van der Waals surface area contributed by atoms with Gasteiger partial charge in [0.1, 0.15) is 12.6 Å². The van der Waals surface area contributed by atoms with Crippen LogP contribution in [0.15, 0.2) is 108 Å². The smallest absolute Gasteiger partial charge is 0.264 e. The van der Waals surface area contributed by atoms with Crippen LogP contribution in [0.4, 0.5) is 5.69 Å². The van der Waals surface area contributed by atoms with Gasteiger partial charge in [0.25, 0.3) is 10.0 Å². The van der Waals surface area contributed by atoms with Crippen molar-refractivity contribution in [1.82, 2.24) is 10.2 Å². The van der Waals surface area contributed by atoms with Gasteiger partial charge in [-0.1, -0.05) is 91.3 Å². The zero-order valence-electron chi connectivity index (χ0n) is 25.2. The molecule has 4 aromatic rings. The Hall–Kier alpha value is -4.14. The summed E-state index contributed by atoms with van der Waals surface area (Å²) in [5.41, 5.74) is 3.54. The first-order chi connectivity index (χ1) is 21.1. The molecule has 0 saturated carbocycles. The van der Waals surface area contributed by atoms with Crippen molar-refractivity contribution in [3.63, 3.8) is 0 Å². The Kier molecular flexibility index (Phi) is 11.2. The molecule has 4 rings (SSSR count). The van der Waals surface area contributed by atoms with E-state index in [-0.39, 0.29) is 23.8 Å². The molecule has 9 heteroatoms. The highest BCUT2D eigenvalue weighted by atomic mass is 35.5. The van der Waals surface area contributed by atoms with Crippen LogP contribution in [0.5, 0.6) is 0 Å². The minimum Gasteiger partial charge on any atom is -0.354 e. The highest BCUT2D eigenvalue weighted by molar-refractivity contribution is 7.92. The maximum atomic E-state index is 14.5. The molecule has 1 unspecified atom stereocenters. The number of carbonyl (C=O) groups excluding carboxylic acids is 2. The van der Waals surface area contributed by atoms with E-state index in [0.29, 0.717) is 22.8 Å². The van der Waals surface area contributed by atoms with Crippen molar-refractivity contribution in [2.75, 3.05) is 17.4 Å². The van der Waals surface area contributed by atoms with E-state index in [0.717, 1.165) is 27.4 Å². The van der Waals surface area contributed by atoms with Crippen molar-refractivity contribution in [3.8, 4) is 0 Å². The Morgan fingerprint density at radius 1 is 0.841 bits per heavy atom. The van der Waals surface area contributed by atoms with Crippen LogP contribution < -0.4 is 9.62 Å². The van der Waals surface area contributed by atoms with Crippen LogP contribution in [0.3, 0.4) is 0 Å². The summed E-state index contributed by atoms with van der Waals surface area (Å²) in [4.78, 5) is 29.8. The highest BCUT2D eigenvalue weighted by Crippen LogP contribution is 2.29. The molecule has 44 heavy (non-hydrogen) atoms. The molecule has 0 aliphatic carbocycles. The molecule has 0 aliphatic heterocycles. The second-order valence-electron chi connectivity index (χ2n) is 10.8. The second-order valence-corrected chi connectivity index (χ2v) is 13.1. The summed E-state index contributed by atoms with van der Waals surface area (Å²) in [6.45, 7) is 5.64. The van der Waals surface area contributed by atoms with Gasteiger partial charge >= 0.3 is 0 Å². The summed E-state index contributed by atoms with van der Waals surface area (Å²) in [5, 5.41) is 3.45. The van der Waals surface area contributed by atoms with Gasteiger partial charge in [0.15, 0.2) is 0 Å². The van der Waals surface area contributed by atoms with Gasteiger partial charge in [-0.15, -0.1) is 0 Å². The Morgan fingerprint density at radius 3 is 2.16 bits per heavy atom. The molecule has 0 saturated heterocycles. The Bertz CT molecular complexity index is 1680. The molecule has 1 N–H and O–H groups in total. The van der Waals surface area contributed by atoms with Crippen molar-refractivity contribution in [2.24, 2.45) is 0 Å². The fraction of sp³-hybridized carbons (Fsp3) is 0.257. The van der Waals surface area contributed by atoms with Crippen LogP contribution in [-0.4, -0.2) is 44.3 Å². The summed E-state index contributed by atoms with van der Waals surface area (Å²) in [6.07, 6.45) is 0.972. The topological polar surface area (TPSA) is 86.8 Å². The van der Waals surface area contributed by atoms with E-state index in [4.69, 9.17) is 11.6 Å². The SMILES string of the molecule is CCCNC(=O)C(Cc1ccccc1)N(Cc1cccc(Cl)c1)C(=O)CN(c1cc(C)ccc1C)S(=O)(=O)c1ccccc1. The summed E-state index contributed by atoms with van der Waals surface area (Å²) in [5.74, 6) is -0.826. The number of halogens is 1. The van der Waals surface area contributed by atoms with Gasteiger partial charge < -0.3 is 10.2 Å². The number of amides is 2. The number of hydrogen-bond donors (Lipinski definition) is 1. The van der Waals surface area contributed by atoms with Crippen molar-refractivity contribution >= 4 is 39.1 Å². The minimum absolute atomic E-state index is 0.0580. The van der Waals surface area contributed by atoms with E-state index in [1.807, 2.05) is 69.3 Å². The monoisotopic (exact) mass is 631 g/mol. The third-order valence-electron chi connectivity index (χ3n) is 7.31. The van der Waals surface area contributed by atoms with Crippen molar-refractivity contribution in [3.05, 3.63) is 130 Å². The number of sulfonamides is 1. The van der Waals surface area contributed by atoms with Crippen LogP contribution in [0.25, 0.3) is 0 Å². The van der Waals surface area contributed by atoms with E-state index in [1.54, 1.807) is 42.5 Å². The summed E-state index contributed by atoms with van der Waals surface area (Å²) >= 11 is 6.30. The van der Waals surface area contributed by atoms with Crippen molar-refractivity contribution < 1.29 is 18.0 Å². The quantitative estimate of drug-likeness (QED) is 0.187. The highest BCUT2D eigenvalue weighted by Gasteiger charge is 2.35. The first kappa shape index (κ1) is 32.8. The van der Waals surface area contributed by atoms with Gasteiger partial charge in [0.2, 0.25) is 11.8 Å². The largest absolute Gasteiger partial charge is 0.354 e. The lowest BCUT2D eigenvalue weighted by atomic mass is 10.0. The van der Waals surface area contributed by atoms with Crippen LogP contribution >= 0.6 is 11.6 Å². The van der Waals surface area contributed by atoms with Gasteiger partial charge in [0.05, 0.1) is 10.6 Å². The van der Waals surface area contributed by atoms with Gasteiger partial charge in [-0.3, -0.25) is 13.9 Å². The molecule has 0 spiro atoms. The maximum Gasteiger partial charge on any atom is 0.264 e. The van der Waals surface area contributed by atoms with Gasteiger partial charge in [-0.05, 0) is 72.9 Å². The number of rotatable bonds is 13. The number of hydrogen-bond acceptors (Lipinski definition) is 4.